The molecular weight excluding hydrogens is 218 g/mol. The molecule has 0 aliphatic carbocycles. The molecule has 5 heteroatoms. The highest BCUT2D eigenvalue weighted by atomic mass is 16.5. The maximum atomic E-state index is 11.2. The fraction of sp³-hybridized carbons (Fsp3) is 0.250. The zero-order valence-electron chi connectivity index (χ0n) is 9.64. The normalized spacial score (nSPS) is 10.5. The highest BCUT2D eigenvalue weighted by Gasteiger charge is 2.08. The molecule has 0 saturated heterocycles. The van der Waals surface area contributed by atoms with Crippen LogP contribution in [0.3, 0.4) is 0 Å². The zero-order valence-corrected chi connectivity index (χ0v) is 9.64. The van der Waals surface area contributed by atoms with Crippen molar-refractivity contribution in [1.29, 1.82) is 0 Å². The molecule has 17 heavy (non-hydrogen) atoms. The van der Waals surface area contributed by atoms with Crippen molar-refractivity contribution in [2.45, 2.75) is 13.5 Å². The first kappa shape index (κ1) is 11.5. The lowest BCUT2D eigenvalue weighted by molar-refractivity contribution is -0.121. The Hall–Kier alpha value is -2.01. The molecule has 0 spiro atoms. The van der Waals surface area contributed by atoms with Crippen molar-refractivity contribution in [3.8, 4) is 5.75 Å². The molecule has 1 heterocycles. The van der Waals surface area contributed by atoms with Crippen molar-refractivity contribution >= 4 is 16.8 Å². The van der Waals surface area contributed by atoms with Gasteiger partial charge in [-0.05, 0) is 25.1 Å². The Bertz CT molecular complexity index is 534. The number of hydrogen-bond donors (Lipinski definition) is 2. The Kier molecular flexibility index (Phi) is 3.30. The number of carbonyl (C=O) groups is 1. The summed E-state index contributed by atoms with van der Waals surface area (Å²) in [5.41, 5.74) is 3.07. The topological polar surface area (TPSA) is 69.3 Å². The van der Waals surface area contributed by atoms with E-state index in [0.717, 1.165) is 16.7 Å². The number of amides is 1. The molecule has 3 N–H and O–H groups in total. The predicted molar refractivity (Wildman–Crippen MR) is 65.4 cm³/mol. The van der Waals surface area contributed by atoms with Crippen LogP contribution in [0.2, 0.25) is 0 Å². The molecule has 2 rings (SSSR count). The van der Waals surface area contributed by atoms with E-state index in [1.54, 1.807) is 0 Å². The molecule has 90 valence electrons. The van der Waals surface area contributed by atoms with Gasteiger partial charge < -0.3 is 9.30 Å². The van der Waals surface area contributed by atoms with Crippen LogP contribution in [0.4, 0.5) is 0 Å². The Labute approximate surface area is 99.1 Å². The van der Waals surface area contributed by atoms with E-state index in [2.05, 4.69) is 5.43 Å². The van der Waals surface area contributed by atoms with Crippen LogP contribution in [0.5, 0.6) is 5.75 Å². The minimum absolute atomic E-state index is 0.204. The number of nitrogens with two attached hydrogens (primary N) is 1. The average Bonchev–Trinajstić information content (AvgIpc) is 2.74. The largest absolute Gasteiger partial charge is 0.493 e. The van der Waals surface area contributed by atoms with Gasteiger partial charge in [-0.2, -0.15) is 0 Å². The van der Waals surface area contributed by atoms with Gasteiger partial charge in [-0.3, -0.25) is 10.2 Å². The van der Waals surface area contributed by atoms with Crippen LogP contribution in [-0.4, -0.2) is 17.1 Å². The summed E-state index contributed by atoms with van der Waals surface area (Å²) in [5.74, 6) is 5.67. The molecule has 2 aromatic rings. The fourth-order valence-electron chi connectivity index (χ4n) is 1.81. The fourth-order valence-corrected chi connectivity index (χ4v) is 1.81. The first-order valence-corrected chi connectivity index (χ1v) is 5.46. The van der Waals surface area contributed by atoms with Crippen LogP contribution in [0.15, 0.2) is 30.5 Å². The highest BCUT2D eigenvalue weighted by Crippen LogP contribution is 2.26. The summed E-state index contributed by atoms with van der Waals surface area (Å²) >= 11 is 0. The van der Waals surface area contributed by atoms with Gasteiger partial charge in [-0.1, -0.05) is 6.07 Å². The van der Waals surface area contributed by atoms with E-state index >= 15 is 0 Å². The van der Waals surface area contributed by atoms with Crippen LogP contribution in [0.1, 0.15) is 6.92 Å². The molecule has 0 unspecified atom stereocenters. The molecule has 1 amide bonds. The van der Waals surface area contributed by atoms with Gasteiger partial charge in [-0.25, -0.2) is 5.84 Å². The van der Waals surface area contributed by atoms with Crippen molar-refractivity contribution in [3.05, 3.63) is 30.5 Å². The van der Waals surface area contributed by atoms with Crippen molar-refractivity contribution in [2.24, 2.45) is 5.84 Å². The van der Waals surface area contributed by atoms with Crippen LogP contribution in [0, 0.1) is 0 Å². The Morgan fingerprint density at radius 2 is 2.29 bits per heavy atom. The molecule has 1 aromatic heterocycles. The number of rotatable bonds is 4. The van der Waals surface area contributed by atoms with E-state index < -0.39 is 0 Å². The number of hydrogen-bond acceptors (Lipinski definition) is 3. The Morgan fingerprint density at radius 3 is 3.00 bits per heavy atom. The third-order valence-corrected chi connectivity index (χ3v) is 2.55. The number of benzene rings is 1. The molecular formula is C12H15N3O2. The standard InChI is InChI=1S/C12H15N3O2/c1-2-17-11-5-3-4-10-9(11)6-7-15(10)8-12(16)14-13/h3-7H,2,8,13H2,1H3,(H,14,16). The number of hydrazine groups is 1. The second-order valence-corrected chi connectivity index (χ2v) is 3.63. The van der Waals surface area contributed by atoms with E-state index in [-0.39, 0.29) is 12.5 Å². The first-order valence-electron chi connectivity index (χ1n) is 5.46. The Morgan fingerprint density at radius 1 is 1.47 bits per heavy atom. The van der Waals surface area contributed by atoms with Crippen molar-refractivity contribution < 1.29 is 9.53 Å². The van der Waals surface area contributed by atoms with Gasteiger partial charge in [0.1, 0.15) is 12.3 Å². The van der Waals surface area contributed by atoms with Crippen molar-refractivity contribution in [1.82, 2.24) is 9.99 Å². The highest BCUT2D eigenvalue weighted by molar-refractivity contribution is 5.88. The average molecular weight is 233 g/mol. The summed E-state index contributed by atoms with van der Waals surface area (Å²) in [6, 6.07) is 7.70. The Balaban J connectivity index is 2.40. The third kappa shape index (κ3) is 2.24. The number of aromatic nitrogens is 1. The first-order chi connectivity index (χ1) is 8.26. The summed E-state index contributed by atoms with van der Waals surface area (Å²) < 4.78 is 7.36. The monoisotopic (exact) mass is 233 g/mol. The second-order valence-electron chi connectivity index (χ2n) is 3.63. The minimum Gasteiger partial charge on any atom is -0.493 e. The van der Waals surface area contributed by atoms with E-state index in [4.69, 9.17) is 10.6 Å². The number of fused-ring (bicyclic) bond motifs is 1. The van der Waals surface area contributed by atoms with Gasteiger partial charge in [-0.15, -0.1) is 0 Å². The van der Waals surface area contributed by atoms with Crippen molar-refractivity contribution in [2.75, 3.05) is 6.61 Å². The van der Waals surface area contributed by atoms with Crippen LogP contribution >= 0.6 is 0 Å². The SMILES string of the molecule is CCOc1cccc2c1ccn2CC(=O)NN. The van der Waals surface area contributed by atoms with Gasteiger partial charge in [0.2, 0.25) is 0 Å². The molecule has 5 nitrogen and oxygen atoms in total. The smallest absolute Gasteiger partial charge is 0.253 e. The quantitative estimate of drug-likeness (QED) is 0.471. The summed E-state index contributed by atoms with van der Waals surface area (Å²) in [7, 11) is 0. The zero-order chi connectivity index (χ0) is 12.3. The molecule has 0 saturated carbocycles. The maximum Gasteiger partial charge on any atom is 0.253 e. The number of nitrogens with one attached hydrogen (secondary N) is 1. The molecule has 1 aromatic carbocycles. The van der Waals surface area contributed by atoms with Gasteiger partial charge in [0, 0.05) is 11.6 Å². The van der Waals surface area contributed by atoms with Crippen LogP contribution in [0.25, 0.3) is 10.9 Å². The molecule has 0 radical (unpaired) electrons. The summed E-state index contributed by atoms with van der Waals surface area (Å²) in [6.07, 6.45) is 1.85. The van der Waals surface area contributed by atoms with Crippen LogP contribution in [-0.2, 0) is 11.3 Å². The summed E-state index contributed by atoms with van der Waals surface area (Å²) in [5, 5.41) is 0.999. The lowest BCUT2D eigenvalue weighted by Gasteiger charge is -2.06. The second kappa shape index (κ2) is 4.88. The maximum absolute atomic E-state index is 11.2. The summed E-state index contributed by atoms with van der Waals surface area (Å²) in [4.78, 5) is 11.2. The van der Waals surface area contributed by atoms with Gasteiger partial charge in [0.05, 0.1) is 12.1 Å². The third-order valence-electron chi connectivity index (χ3n) is 2.55. The molecule has 0 fully saturated rings. The predicted octanol–water partition coefficient (Wildman–Crippen LogP) is 1.03. The summed E-state index contributed by atoms with van der Waals surface area (Å²) in [6.45, 7) is 2.76. The minimum atomic E-state index is -0.232. The lowest BCUT2D eigenvalue weighted by atomic mass is 10.2. The van der Waals surface area contributed by atoms with Gasteiger partial charge >= 0.3 is 0 Å². The number of carbonyl (C=O) groups excluding carboxylic acids is 1. The number of ether oxygens (including phenoxy) is 1. The number of nitrogens with zero attached hydrogens (tertiary/aromatic N) is 1. The van der Waals surface area contributed by atoms with Gasteiger partial charge in [0.25, 0.3) is 5.91 Å². The lowest BCUT2D eigenvalue weighted by Crippen LogP contribution is -2.33. The van der Waals surface area contributed by atoms with E-state index in [0.29, 0.717) is 6.61 Å². The van der Waals surface area contributed by atoms with E-state index in [1.165, 1.54) is 0 Å². The van der Waals surface area contributed by atoms with E-state index in [1.807, 2.05) is 42.0 Å². The van der Waals surface area contributed by atoms with E-state index in [9.17, 15) is 4.79 Å². The van der Waals surface area contributed by atoms with Gasteiger partial charge in [0.15, 0.2) is 0 Å². The molecule has 0 atom stereocenters. The molecule has 0 aliphatic rings. The molecule has 0 aliphatic heterocycles. The van der Waals surface area contributed by atoms with Crippen molar-refractivity contribution in [3.63, 3.8) is 0 Å². The van der Waals surface area contributed by atoms with Crippen LogP contribution < -0.4 is 16.0 Å². The molecule has 0 bridgehead atoms.